The summed E-state index contributed by atoms with van der Waals surface area (Å²) in [6.07, 6.45) is 5.44. The molecule has 1 aromatic rings. The molecule has 0 radical (unpaired) electrons. The van der Waals surface area contributed by atoms with Crippen molar-refractivity contribution in [3.8, 4) is 0 Å². The van der Waals surface area contributed by atoms with Crippen LogP contribution < -0.4 is 5.32 Å². The summed E-state index contributed by atoms with van der Waals surface area (Å²) in [5.74, 6) is 0.763. The van der Waals surface area contributed by atoms with E-state index in [0.717, 1.165) is 18.9 Å². The van der Waals surface area contributed by atoms with Gasteiger partial charge in [0, 0.05) is 36.2 Å². The van der Waals surface area contributed by atoms with Crippen LogP contribution in [0.4, 0.5) is 0 Å². The van der Waals surface area contributed by atoms with Crippen molar-refractivity contribution in [1.82, 2.24) is 10.3 Å². The Hall–Kier alpha value is -0.450. The third kappa shape index (κ3) is 3.26. The van der Waals surface area contributed by atoms with Crippen molar-refractivity contribution >= 4 is 11.3 Å². The lowest BCUT2D eigenvalue weighted by atomic mass is 10.2. The number of aliphatic hydroxyl groups excluding tert-OH is 1. The van der Waals surface area contributed by atoms with E-state index in [1.807, 2.05) is 17.5 Å². The summed E-state index contributed by atoms with van der Waals surface area (Å²) >= 11 is 1.83. The van der Waals surface area contributed by atoms with Gasteiger partial charge in [0.2, 0.25) is 0 Å². The van der Waals surface area contributed by atoms with E-state index in [-0.39, 0.29) is 6.61 Å². The van der Waals surface area contributed by atoms with Gasteiger partial charge in [-0.1, -0.05) is 0 Å². The zero-order chi connectivity index (χ0) is 10.7. The van der Waals surface area contributed by atoms with Gasteiger partial charge in [-0.15, -0.1) is 11.3 Å². The van der Waals surface area contributed by atoms with E-state index in [9.17, 15) is 0 Å². The Kier molecular flexibility index (Phi) is 3.72. The lowest BCUT2D eigenvalue weighted by Gasteiger charge is -2.10. The van der Waals surface area contributed by atoms with E-state index in [1.165, 1.54) is 22.7 Å². The minimum absolute atomic E-state index is 0.254. The molecule has 0 saturated heterocycles. The number of rotatable bonds is 6. The minimum atomic E-state index is 0.254. The Morgan fingerprint density at radius 2 is 2.47 bits per heavy atom. The maximum absolute atomic E-state index is 8.77. The van der Waals surface area contributed by atoms with Crippen LogP contribution in [0.25, 0.3) is 0 Å². The lowest BCUT2D eigenvalue weighted by molar-refractivity contribution is 0.269. The van der Waals surface area contributed by atoms with Crippen molar-refractivity contribution in [2.45, 2.75) is 44.7 Å². The molecule has 84 valence electrons. The molecule has 3 nitrogen and oxygen atoms in total. The number of hydrogen-bond acceptors (Lipinski definition) is 4. The number of nitrogens with zero attached hydrogens (tertiary/aromatic N) is 1. The predicted molar refractivity (Wildman–Crippen MR) is 62.1 cm³/mol. The molecule has 2 N–H and O–H groups in total. The van der Waals surface area contributed by atoms with Gasteiger partial charge in [-0.3, -0.25) is 0 Å². The molecular weight excluding hydrogens is 208 g/mol. The molecule has 0 unspecified atom stereocenters. The summed E-state index contributed by atoms with van der Waals surface area (Å²) in [4.78, 5) is 5.74. The fourth-order valence-electron chi connectivity index (χ4n) is 1.49. The first-order chi connectivity index (χ1) is 7.29. The molecule has 0 aliphatic heterocycles. The van der Waals surface area contributed by atoms with Crippen molar-refractivity contribution in [3.63, 3.8) is 0 Å². The molecule has 15 heavy (non-hydrogen) atoms. The molecule has 1 fully saturated rings. The third-order valence-corrected chi connectivity index (χ3v) is 3.84. The van der Waals surface area contributed by atoms with Gasteiger partial charge >= 0.3 is 0 Å². The van der Waals surface area contributed by atoms with Crippen LogP contribution >= 0.6 is 11.3 Å². The normalized spacial score (nSPS) is 18.0. The zero-order valence-electron chi connectivity index (χ0n) is 9.07. The molecule has 1 atom stereocenters. The molecule has 1 aromatic heterocycles. The summed E-state index contributed by atoms with van der Waals surface area (Å²) in [5, 5.41) is 13.5. The van der Waals surface area contributed by atoms with Crippen LogP contribution in [-0.2, 0) is 6.54 Å². The first-order valence-electron chi connectivity index (χ1n) is 5.58. The van der Waals surface area contributed by atoms with Crippen LogP contribution in [0.1, 0.15) is 42.0 Å². The largest absolute Gasteiger partial charge is 0.396 e. The third-order valence-electron chi connectivity index (χ3n) is 2.68. The Balaban J connectivity index is 1.77. The fraction of sp³-hybridized carbons (Fsp3) is 0.727. The first-order valence-corrected chi connectivity index (χ1v) is 6.40. The molecule has 0 spiro atoms. The average Bonchev–Trinajstić information content (AvgIpc) is 2.96. The second-order valence-electron chi connectivity index (χ2n) is 4.23. The summed E-state index contributed by atoms with van der Waals surface area (Å²) in [6, 6.07) is 0.376. The first kappa shape index (κ1) is 11.0. The van der Waals surface area contributed by atoms with Gasteiger partial charge in [-0.25, -0.2) is 4.98 Å². The van der Waals surface area contributed by atoms with Gasteiger partial charge in [0.1, 0.15) is 0 Å². The van der Waals surface area contributed by atoms with Crippen molar-refractivity contribution in [1.29, 1.82) is 0 Å². The van der Waals surface area contributed by atoms with Crippen molar-refractivity contribution in [2.24, 2.45) is 0 Å². The number of thiazole rings is 1. The number of aromatic nitrogens is 1. The number of nitrogens with one attached hydrogen (secondary N) is 1. The standard InChI is InChI=1S/C11H18N2OS/c1-8(4-5-14)12-6-10-7-13-11(15-10)9-2-3-9/h7-9,12,14H,2-6H2,1H3/t8-/m1/s1. The van der Waals surface area contributed by atoms with Gasteiger partial charge in [0.15, 0.2) is 0 Å². The predicted octanol–water partition coefficient (Wildman–Crippen LogP) is 1.88. The monoisotopic (exact) mass is 226 g/mol. The van der Waals surface area contributed by atoms with Crippen LogP contribution in [0.2, 0.25) is 0 Å². The number of hydrogen-bond donors (Lipinski definition) is 2. The van der Waals surface area contributed by atoms with E-state index in [1.54, 1.807) is 0 Å². The van der Waals surface area contributed by atoms with Gasteiger partial charge < -0.3 is 10.4 Å². The van der Waals surface area contributed by atoms with Crippen molar-refractivity contribution < 1.29 is 5.11 Å². The topological polar surface area (TPSA) is 45.1 Å². The lowest BCUT2D eigenvalue weighted by Crippen LogP contribution is -2.25. The number of aliphatic hydroxyl groups is 1. The molecule has 4 heteroatoms. The molecular formula is C11H18N2OS. The van der Waals surface area contributed by atoms with Crippen molar-refractivity contribution in [2.75, 3.05) is 6.61 Å². The van der Waals surface area contributed by atoms with Crippen LogP contribution in [0.5, 0.6) is 0 Å². The second kappa shape index (κ2) is 5.05. The smallest absolute Gasteiger partial charge is 0.0959 e. The van der Waals surface area contributed by atoms with Crippen LogP contribution in [0, 0.1) is 0 Å². The van der Waals surface area contributed by atoms with Crippen LogP contribution in [0.3, 0.4) is 0 Å². The molecule has 2 rings (SSSR count). The van der Waals surface area contributed by atoms with Gasteiger partial charge in [0.05, 0.1) is 5.01 Å². The van der Waals surface area contributed by atoms with E-state index < -0.39 is 0 Å². The van der Waals surface area contributed by atoms with Crippen molar-refractivity contribution in [3.05, 3.63) is 16.1 Å². The molecule has 0 aromatic carbocycles. The Bertz CT molecular complexity index is 309. The van der Waals surface area contributed by atoms with Gasteiger partial charge in [-0.05, 0) is 26.2 Å². The molecule has 1 aliphatic rings. The Labute approximate surface area is 94.5 Å². The fourth-order valence-corrected chi connectivity index (χ4v) is 2.53. The van der Waals surface area contributed by atoms with E-state index >= 15 is 0 Å². The summed E-state index contributed by atoms with van der Waals surface area (Å²) < 4.78 is 0. The second-order valence-corrected chi connectivity index (χ2v) is 5.38. The van der Waals surface area contributed by atoms with E-state index in [2.05, 4.69) is 17.2 Å². The average molecular weight is 226 g/mol. The van der Waals surface area contributed by atoms with E-state index in [4.69, 9.17) is 5.11 Å². The molecule has 0 amide bonds. The highest BCUT2D eigenvalue weighted by atomic mass is 32.1. The maximum atomic E-state index is 8.77. The highest BCUT2D eigenvalue weighted by Crippen LogP contribution is 2.41. The highest BCUT2D eigenvalue weighted by Gasteiger charge is 2.26. The minimum Gasteiger partial charge on any atom is -0.396 e. The molecule has 0 bridgehead atoms. The molecule has 1 heterocycles. The highest BCUT2D eigenvalue weighted by molar-refractivity contribution is 7.11. The summed E-state index contributed by atoms with van der Waals surface area (Å²) in [5.41, 5.74) is 0. The maximum Gasteiger partial charge on any atom is 0.0959 e. The van der Waals surface area contributed by atoms with Gasteiger partial charge in [0.25, 0.3) is 0 Å². The zero-order valence-corrected chi connectivity index (χ0v) is 9.89. The van der Waals surface area contributed by atoms with Gasteiger partial charge in [-0.2, -0.15) is 0 Å². The van der Waals surface area contributed by atoms with E-state index in [0.29, 0.717) is 6.04 Å². The molecule has 1 saturated carbocycles. The Morgan fingerprint density at radius 1 is 1.67 bits per heavy atom. The van der Waals surface area contributed by atoms with Crippen LogP contribution in [-0.4, -0.2) is 22.7 Å². The Morgan fingerprint density at radius 3 is 3.13 bits per heavy atom. The van der Waals surface area contributed by atoms with Crippen LogP contribution in [0.15, 0.2) is 6.20 Å². The SMILES string of the molecule is C[C@H](CCO)NCc1cnc(C2CC2)s1. The summed E-state index contributed by atoms with van der Waals surface area (Å²) in [6.45, 7) is 3.23. The molecule has 1 aliphatic carbocycles. The quantitative estimate of drug-likeness (QED) is 0.778. The summed E-state index contributed by atoms with van der Waals surface area (Å²) in [7, 11) is 0.